The zero-order valence-electron chi connectivity index (χ0n) is 13.5. The van der Waals surface area contributed by atoms with Crippen LogP contribution in [0, 0.1) is 0 Å². The molecule has 0 aliphatic carbocycles. The molecule has 128 valence electrons. The van der Waals surface area contributed by atoms with Crippen molar-refractivity contribution in [1.29, 1.82) is 0 Å². The second-order valence-electron chi connectivity index (χ2n) is 5.80. The van der Waals surface area contributed by atoms with Crippen molar-refractivity contribution in [3.05, 3.63) is 86.8 Å². The summed E-state index contributed by atoms with van der Waals surface area (Å²) >= 11 is 13.2. The minimum absolute atomic E-state index is 0.708. The molecule has 0 aliphatic heterocycles. The average molecular weight is 489 g/mol. The zero-order valence-corrected chi connectivity index (χ0v) is 17.4. The maximum atomic E-state index is 6.02. The van der Waals surface area contributed by atoms with Crippen molar-refractivity contribution in [3.8, 4) is 33.9 Å². The van der Waals surface area contributed by atoms with Gasteiger partial charge in [0.25, 0.3) is 0 Å². The number of halogens is 3. The van der Waals surface area contributed by atoms with E-state index < -0.39 is 0 Å². The van der Waals surface area contributed by atoms with Crippen LogP contribution in [0.15, 0.2) is 81.7 Å². The van der Waals surface area contributed by atoms with E-state index in [0.717, 1.165) is 42.8 Å². The Morgan fingerprint density at radius 2 is 1.42 bits per heavy atom. The molecule has 0 spiro atoms. The molecule has 3 aromatic carbocycles. The predicted octanol–water partition coefficient (Wildman–Crippen LogP) is 7.59. The lowest BCUT2D eigenvalue weighted by molar-refractivity contribution is 1.31. The summed E-state index contributed by atoms with van der Waals surface area (Å²) in [6.45, 7) is 0. The van der Waals surface area contributed by atoms with E-state index in [-0.39, 0.29) is 0 Å². The Labute approximate surface area is 173 Å². The van der Waals surface area contributed by atoms with Gasteiger partial charge in [0, 0.05) is 30.7 Å². The third-order valence-corrected chi connectivity index (χ3v) is 5.55. The first-order chi connectivity index (χ1) is 12.6. The van der Waals surface area contributed by atoms with Gasteiger partial charge in [0.05, 0.1) is 11.4 Å². The standard InChI is InChI=1S/C21H13Br2ClN2/c22-15-9-5-13(6-10-15)19-20(17-3-1-2-4-18(17)23)26-21(25-19)14-7-11-16(24)12-8-14/h1-12H,(H,25,26). The van der Waals surface area contributed by atoms with Crippen LogP contribution >= 0.6 is 43.5 Å². The summed E-state index contributed by atoms with van der Waals surface area (Å²) in [7, 11) is 0. The first-order valence-electron chi connectivity index (χ1n) is 7.98. The first-order valence-corrected chi connectivity index (χ1v) is 9.95. The van der Waals surface area contributed by atoms with Crippen LogP contribution in [0.4, 0.5) is 0 Å². The van der Waals surface area contributed by atoms with E-state index in [0.29, 0.717) is 5.02 Å². The third-order valence-electron chi connectivity index (χ3n) is 4.08. The maximum absolute atomic E-state index is 6.02. The number of benzene rings is 3. The molecular weight excluding hydrogens is 476 g/mol. The lowest BCUT2D eigenvalue weighted by atomic mass is 10.1. The summed E-state index contributed by atoms with van der Waals surface area (Å²) < 4.78 is 2.06. The van der Waals surface area contributed by atoms with E-state index in [9.17, 15) is 0 Å². The van der Waals surface area contributed by atoms with Gasteiger partial charge in [0.15, 0.2) is 0 Å². The Morgan fingerprint density at radius 3 is 2.12 bits per heavy atom. The van der Waals surface area contributed by atoms with Gasteiger partial charge in [-0.3, -0.25) is 0 Å². The van der Waals surface area contributed by atoms with E-state index in [2.05, 4.69) is 55.0 Å². The zero-order chi connectivity index (χ0) is 18.1. The highest BCUT2D eigenvalue weighted by molar-refractivity contribution is 9.10. The van der Waals surface area contributed by atoms with Crippen molar-refractivity contribution in [2.45, 2.75) is 0 Å². The first kappa shape index (κ1) is 17.5. The molecule has 1 N–H and O–H groups in total. The number of aromatic nitrogens is 2. The Kier molecular flexibility index (Phi) is 4.98. The van der Waals surface area contributed by atoms with E-state index in [1.54, 1.807) is 0 Å². The molecule has 0 amide bonds. The topological polar surface area (TPSA) is 28.7 Å². The number of hydrogen-bond donors (Lipinski definition) is 1. The number of rotatable bonds is 3. The number of nitrogens with zero attached hydrogens (tertiary/aromatic N) is 1. The average Bonchev–Trinajstić information content (AvgIpc) is 3.08. The van der Waals surface area contributed by atoms with Gasteiger partial charge < -0.3 is 4.98 Å². The molecule has 2 nitrogen and oxygen atoms in total. The molecule has 4 aromatic rings. The van der Waals surface area contributed by atoms with Crippen molar-refractivity contribution < 1.29 is 0 Å². The molecule has 1 aromatic heterocycles. The SMILES string of the molecule is Clc1ccc(-c2nc(-c3ccc(Br)cc3)c(-c3ccccc3Br)[nH]2)cc1. The Bertz CT molecular complexity index is 1050. The molecule has 0 aliphatic rings. The van der Waals surface area contributed by atoms with Crippen LogP contribution in [-0.2, 0) is 0 Å². The highest BCUT2D eigenvalue weighted by atomic mass is 79.9. The number of hydrogen-bond acceptors (Lipinski definition) is 1. The van der Waals surface area contributed by atoms with Gasteiger partial charge in [-0.05, 0) is 42.5 Å². The summed E-state index contributed by atoms with van der Waals surface area (Å²) in [5.41, 5.74) is 5.00. The van der Waals surface area contributed by atoms with Crippen molar-refractivity contribution in [2.75, 3.05) is 0 Å². The lowest BCUT2D eigenvalue weighted by Gasteiger charge is -2.05. The molecule has 26 heavy (non-hydrogen) atoms. The summed E-state index contributed by atoms with van der Waals surface area (Å²) in [6, 6.07) is 24.0. The molecule has 0 atom stereocenters. The predicted molar refractivity (Wildman–Crippen MR) is 115 cm³/mol. The number of aromatic amines is 1. The van der Waals surface area contributed by atoms with Crippen LogP contribution in [0.25, 0.3) is 33.9 Å². The summed E-state index contributed by atoms with van der Waals surface area (Å²) in [5, 5.41) is 0.708. The fraction of sp³-hybridized carbons (Fsp3) is 0. The Hall–Kier alpha value is -1.88. The van der Waals surface area contributed by atoms with Crippen LogP contribution in [0.3, 0.4) is 0 Å². The normalized spacial score (nSPS) is 10.9. The van der Waals surface area contributed by atoms with Crippen molar-refractivity contribution in [2.24, 2.45) is 0 Å². The van der Waals surface area contributed by atoms with E-state index in [1.165, 1.54) is 0 Å². The quantitative estimate of drug-likeness (QED) is 0.316. The highest BCUT2D eigenvalue weighted by Gasteiger charge is 2.17. The lowest BCUT2D eigenvalue weighted by Crippen LogP contribution is -1.85. The van der Waals surface area contributed by atoms with Gasteiger partial charge in [-0.25, -0.2) is 4.98 Å². The minimum Gasteiger partial charge on any atom is -0.337 e. The summed E-state index contributed by atoms with van der Waals surface area (Å²) in [4.78, 5) is 8.38. The van der Waals surface area contributed by atoms with Gasteiger partial charge in [-0.1, -0.05) is 73.8 Å². The Balaban J connectivity index is 1.92. The second kappa shape index (κ2) is 7.39. The Morgan fingerprint density at radius 1 is 0.769 bits per heavy atom. The highest BCUT2D eigenvalue weighted by Crippen LogP contribution is 2.36. The number of H-pyrrole nitrogens is 1. The fourth-order valence-electron chi connectivity index (χ4n) is 2.79. The molecule has 5 heteroatoms. The maximum Gasteiger partial charge on any atom is 0.138 e. The largest absolute Gasteiger partial charge is 0.337 e. The molecule has 0 bridgehead atoms. The summed E-state index contributed by atoms with van der Waals surface area (Å²) in [5.74, 6) is 0.810. The molecule has 0 fully saturated rings. The van der Waals surface area contributed by atoms with Crippen molar-refractivity contribution >= 4 is 43.5 Å². The van der Waals surface area contributed by atoms with Crippen LogP contribution in [0.1, 0.15) is 0 Å². The van der Waals surface area contributed by atoms with Crippen LogP contribution in [0.5, 0.6) is 0 Å². The molecular formula is C21H13Br2ClN2. The molecule has 0 unspecified atom stereocenters. The smallest absolute Gasteiger partial charge is 0.138 e. The molecule has 0 saturated heterocycles. The monoisotopic (exact) mass is 486 g/mol. The van der Waals surface area contributed by atoms with E-state index >= 15 is 0 Å². The summed E-state index contributed by atoms with van der Waals surface area (Å²) in [6.07, 6.45) is 0. The minimum atomic E-state index is 0.708. The van der Waals surface area contributed by atoms with E-state index in [4.69, 9.17) is 16.6 Å². The second-order valence-corrected chi connectivity index (χ2v) is 8.01. The third kappa shape index (κ3) is 3.50. The fourth-order valence-corrected chi connectivity index (χ4v) is 3.67. The van der Waals surface area contributed by atoms with Crippen LogP contribution in [0.2, 0.25) is 5.02 Å². The van der Waals surface area contributed by atoms with Crippen LogP contribution in [-0.4, -0.2) is 9.97 Å². The number of imidazole rings is 1. The molecule has 4 rings (SSSR count). The van der Waals surface area contributed by atoms with Gasteiger partial charge in [-0.15, -0.1) is 0 Å². The van der Waals surface area contributed by atoms with E-state index in [1.807, 2.05) is 54.6 Å². The van der Waals surface area contributed by atoms with Crippen LogP contribution < -0.4 is 0 Å². The molecule has 0 radical (unpaired) electrons. The number of nitrogens with one attached hydrogen (secondary N) is 1. The van der Waals surface area contributed by atoms with Crippen molar-refractivity contribution in [3.63, 3.8) is 0 Å². The van der Waals surface area contributed by atoms with Gasteiger partial charge >= 0.3 is 0 Å². The van der Waals surface area contributed by atoms with Gasteiger partial charge in [0.1, 0.15) is 5.82 Å². The van der Waals surface area contributed by atoms with Crippen molar-refractivity contribution in [1.82, 2.24) is 9.97 Å². The molecule has 1 heterocycles. The van der Waals surface area contributed by atoms with Gasteiger partial charge in [0.2, 0.25) is 0 Å². The molecule has 0 saturated carbocycles. The van der Waals surface area contributed by atoms with Gasteiger partial charge in [-0.2, -0.15) is 0 Å².